The van der Waals surface area contributed by atoms with Crippen molar-refractivity contribution in [1.82, 2.24) is 14.4 Å². The molecule has 0 aliphatic heterocycles. The number of alkyl halides is 6. The van der Waals surface area contributed by atoms with Crippen molar-refractivity contribution in [3.05, 3.63) is 82.8 Å². The van der Waals surface area contributed by atoms with Gasteiger partial charge in [-0.25, -0.2) is 4.98 Å². The fourth-order valence-corrected chi connectivity index (χ4v) is 3.14. The van der Waals surface area contributed by atoms with Crippen LogP contribution in [0.15, 0.2) is 61.1 Å². The van der Waals surface area contributed by atoms with Gasteiger partial charge in [0, 0.05) is 24.7 Å². The van der Waals surface area contributed by atoms with Gasteiger partial charge in [-0.1, -0.05) is 17.7 Å². The summed E-state index contributed by atoms with van der Waals surface area (Å²) in [6, 6.07) is 7.12. The fraction of sp³-hybridized carbons (Fsp3) is 0.143. The highest BCUT2D eigenvalue weighted by Gasteiger charge is 2.36. The highest BCUT2D eigenvalue weighted by atomic mass is 35.5. The molecule has 0 fully saturated rings. The second-order valence-electron chi connectivity index (χ2n) is 6.76. The van der Waals surface area contributed by atoms with Crippen molar-refractivity contribution in [2.75, 3.05) is 0 Å². The number of ether oxygens (including phenoxy) is 2. The van der Waals surface area contributed by atoms with Gasteiger partial charge in [0.25, 0.3) is 0 Å². The molecule has 2 aromatic carbocycles. The Hall–Kier alpha value is -3.47. The number of halogens is 7. The molecule has 0 N–H and O–H groups in total. The molecular weight excluding hydrogens is 476 g/mol. The lowest BCUT2D eigenvalue weighted by atomic mass is 10.1. The van der Waals surface area contributed by atoms with Crippen LogP contribution in [0.1, 0.15) is 16.7 Å². The van der Waals surface area contributed by atoms with Crippen LogP contribution in [0.4, 0.5) is 26.3 Å². The molecule has 172 valence electrons. The first kappa shape index (κ1) is 22.7. The number of aromatic nitrogens is 3. The Labute approximate surface area is 187 Å². The number of nitrogens with zero attached hydrogens (tertiary/aromatic N) is 3. The largest absolute Gasteiger partial charge is 0.473 e. The highest BCUT2D eigenvalue weighted by molar-refractivity contribution is 6.31. The molecule has 0 aliphatic carbocycles. The van der Waals surface area contributed by atoms with Gasteiger partial charge in [-0.15, -0.1) is 0 Å². The fourth-order valence-electron chi connectivity index (χ4n) is 2.92. The van der Waals surface area contributed by atoms with Gasteiger partial charge in [-0.3, -0.25) is 4.40 Å². The molecule has 0 amide bonds. The van der Waals surface area contributed by atoms with Crippen molar-refractivity contribution in [2.24, 2.45) is 0 Å². The topological polar surface area (TPSA) is 48.7 Å². The second-order valence-corrected chi connectivity index (χ2v) is 7.17. The Morgan fingerprint density at radius 3 is 2.36 bits per heavy atom. The van der Waals surface area contributed by atoms with E-state index in [2.05, 4.69) is 9.97 Å². The maximum atomic E-state index is 13.6. The van der Waals surface area contributed by atoms with Crippen LogP contribution in [0.5, 0.6) is 17.4 Å². The van der Waals surface area contributed by atoms with Gasteiger partial charge in [-0.2, -0.15) is 31.3 Å². The van der Waals surface area contributed by atoms with E-state index in [-0.39, 0.29) is 18.1 Å². The number of benzene rings is 2. The van der Waals surface area contributed by atoms with Gasteiger partial charge >= 0.3 is 12.4 Å². The lowest BCUT2D eigenvalue weighted by Crippen LogP contribution is -2.09. The standard InChI is InChI=1S/C21H12ClF6N3O2/c22-16-3-2-13(10-14(16)20(23,24)25)33-17-4-1-12(9-15(17)21(26,27)28)11-32-18-5-7-31-8-6-29-19(31)30-18/h1-10H,11H2. The van der Waals surface area contributed by atoms with Crippen LogP contribution in [-0.2, 0) is 19.0 Å². The van der Waals surface area contributed by atoms with Crippen molar-refractivity contribution in [1.29, 1.82) is 0 Å². The van der Waals surface area contributed by atoms with Gasteiger partial charge in [-0.05, 0) is 35.9 Å². The van der Waals surface area contributed by atoms with E-state index >= 15 is 0 Å². The molecule has 0 unspecified atom stereocenters. The number of hydrogen-bond acceptors (Lipinski definition) is 4. The molecule has 0 saturated heterocycles. The summed E-state index contributed by atoms with van der Waals surface area (Å²) in [6.07, 6.45) is -4.81. The zero-order valence-corrected chi connectivity index (χ0v) is 17.0. The normalized spacial score (nSPS) is 12.2. The Morgan fingerprint density at radius 2 is 1.64 bits per heavy atom. The van der Waals surface area contributed by atoms with Crippen LogP contribution >= 0.6 is 11.6 Å². The summed E-state index contributed by atoms with van der Waals surface area (Å²) in [5, 5.41) is -0.597. The lowest BCUT2D eigenvalue weighted by Gasteiger charge is -2.17. The molecule has 2 aromatic heterocycles. The summed E-state index contributed by atoms with van der Waals surface area (Å²) < 4.78 is 92.2. The molecule has 0 radical (unpaired) electrons. The minimum absolute atomic E-state index is 0.145. The SMILES string of the molecule is FC(F)(F)c1cc(Oc2ccc(COc3ccn4ccnc4n3)cc2C(F)(F)F)ccc1Cl. The molecule has 0 saturated carbocycles. The minimum atomic E-state index is -4.84. The average Bonchev–Trinajstić information content (AvgIpc) is 3.20. The van der Waals surface area contributed by atoms with E-state index in [4.69, 9.17) is 21.1 Å². The molecular formula is C21H12ClF6N3O2. The monoisotopic (exact) mass is 487 g/mol. The predicted octanol–water partition coefficient (Wildman–Crippen LogP) is 6.79. The summed E-state index contributed by atoms with van der Waals surface area (Å²) in [5.74, 6) is -0.603. The van der Waals surface area contributed by atoms with Crippen LogP contribution < -0.4 is 9.47 Å². The van der Waals surface area contributed by atoms with Crippen LogP contribution in [0.2, 0.25) is 5.02 Å². The van der Waals surface area contributed by atoms with Crippen molar-refractivity contribution < 1.29 is 35.8 Å². The second kappa shape index (κ2) is 8.47. The lowest BCUT2D eigenvalue weighted by molar-refractivity contribution is -0.139. The van der Waals surface area contributed by atoms with Crippen LogP contribution in [0, 0.1) is 0 Å². The van der Waals surface area contributed by atoms with E-state index < -0.39 is 40.0 Å². The molecule has 2 heterocycles. The minimum Gasteiger partial charge on any atom is -0.473 e. The molecule has 0 atom stereocenters. The van der Waals surface area contributed by atoms with Crippen molar-refractivity contribution in [3.8, 4) is 17.4 Å². The predicted molar refractivity (Wildman–Crippen MR) is 105 cm³/mol. The zero-order valence-electron chi connectivity index (χ0n) is 16.3. The van der Waals surface area contributed by atoms with Crippen molar-refractivity contribution in [3.63, 3.8) is 0 Å². The maximum Gasteiger partial charge on any atom is 0.419 e. The van der Waals surface area contributed by atoms with Gasteiger partial charge in [0.2, 0.25) is 11.7 Å². The molecule has 0 aliphatic rings. The summed E-state index contributed by atoms with van der Waals surface area (Å²) >= 11 is 5.54. The van der Waals surface area contributed by atoms with E-state index in [1.54, 1.807) is 16.8 Å². The van der Waals surface area contributed by atoms with E-state index in [0.717, 1.165) is 24.3 Å². The summed E-state index contributed by atoms with van der Waals surface area (Å²) in [6.45, 7) is -0.244. The first-order valence-electron chi connectivity index (χ1n) is 9.18. The van der Waals surface area contributed by atoms with E-state index in [1.807, 2.05) is 0 Å². The molecule has 4 aromatic rings. The van der Waals surface area contributed by atoms with E-state index in [1.165, 1.54) is 18.3 Å². The van der Waals surface area contributed by atoms with E-state index in [9.17, 15) is 26.3 Å². The van der Waals surface area contributed by atoms with E-state index in [0.29, 0.717) is 11.8 Å². The third-order valence-electron chi connectivity index (χ3n) is 4.44. The molecule has 0 bridgehead atoms. The molecule has 33 heavy (non-hydrogen) atoms. The van der Waals surface area contributed by atoms with Crippen LogP contribution in [0.3, 0.4) is 0 Å². The number of hydrogen-bond donors (Lipinski definition) is 0. The third-order valence-corrected chi connectivity index (χ3v) is 4.77. The quantitative estimate of drug-likeness (QED) is 0.291. The van der Waals surface area contributed by atoms with Gasteiger partial charge in [0.05, 0.1) is 16.1 Å². The van der Waals surface area contributed by atoms with Crippen LogP contribution in [-0.4, -0.2) is 14.4 Å². The molecule has 4 rings (SSSR count). The summed E-state index contributed by atoms with van der Waals surface area (Å²) in [7, 11) is 0. The average molecular weight is 488 g/mol. The van der Waals surface area contributed by atoms with Gasteiger partial charge in [0.15, 0.2) is 0 Å². The van der Waals surface area contributed by atoms with Crippen molar-refractivity contribution in [2.45, 2.75) is 19.0 Å². The highest BCUT2D eigenvalue weighted by Crippen LogP contribution is 2.41. The van der Waals surface area contributed by atoms with Crippen molar-refractivity contribution >= 4 is 17.4 Å². The first-order chi connectivity index (χ1) is 15.5. The Balaban J connectivity index is 1.58. The number of imidazole rings is 1. The molecule has 5 nitrogen and oxygen atoms in total. The number of rotatable bonds is 5. The summed E-state index contributed by atoms with van der Waals surface area (Å²) in [4.78, 5) is 8.10. The first-order valence-corrected chi connectivity index (χ1v) is 9.56. The van der Waals surface area contributed by atoms with Gasteiger partial charge < -0.3 is 9.47 Å². The summed E-state index contributed by atoms with van der Waals surface area (Å²) in [5.41, 5.74) is -2.25. The Kier molecular flexibility index (Phi) is 5.83. The zero-order chi connectivity index (χ0) is 23.8. The molecule has 0 spiro atoms. The maximum absolute atomic E-state index is 13.6. The van der Waals surface area contributed by atoms with Crippen LogP contribution in [0.25, 0.3) is 5.78 Å². The molecule has 12 heteroatoms. The van der Waals surface area contributed by atoms with Gasteiger partial charge in [0.1, 0.15) is 18.1 Å². The Morgan fingerprint density at radius 1 is 0.879 bits per heavy atom. The number of fused-ring (bicyclic) bond motifs is 1. The smallest absolute Gasteiger partial charge is 0.419 e. The Bertz CT molecular complexity index is 1300. The third kappa shape index (κ3) is 5.14.